The molecule has 1 N–H and O–H groups in total. The largest absolute Gasteiger partial charge is 0.378 e. The molecule has 0 saturated heterocycles. The van der Waals surface area contributed by atoms with Crippen molar-refractivity contribution >= 4 is 11.5 Å². The Balaban J connectivity index is 2.54. The minimum absolute atomic E-state index is 0.182. The van der Waals surface area contributed by atoms with E-state index in [2.05, 4.69) is 5.32 Å². The van der Waals surface area contributed by atoms with Gasteiger partial charge in [0.1, 0.15) is 5.82 Å². The summed E-state index contributed by atoms with van der Waals surface area (Å²) in [6.07, 6.45) is 1.45. The lowest BCUT2D eigenvalue weighted by atomic mass is 10.2. The highest BCUT2D eigenvalue weighted by atomic mass is 19.1. The van der Waals surface area contributed by atoms with Crippen molar-refractivity contribution in [2.24, 2.45) is 0 Å². The van der Waals surface area contributed by atoms with E-state index in [4.69, 9.17) is 0 Å². The number of benzene rings is 1. The molecule has 0 bridgehead atoms. The summed E-state index contributed by atoms with van der Waals surface area (Å²) in [6, 6.07) is 4.50. The van der Waals surface area contributed by atoms with Gasteiger partial charge in [-0.3, -0.25) is 4.79 Å². The lowest BCUT2D eigenvalue weighted by Crippen LogP contribution is -2.13. The molecule has 0 spiro atoms. The first kappa shape index (κ1) is 11.7. The van der Waals surface area contributed by atoms with Gasteiger partial charge in [0.05, 0.1) is 6.54 Å². The smallest absolute Gasteiger partial charge is 0.151 e. The molecular weight excluding hydrogens is 193 g/mol. The number of aryl methyl sites for hydroxylation is 1. The third kappa shape index (κ3) is 3.70. The number of halogens is 1. The molecule has 0 saturated carbocycles. The molecule has 2 nitrogen and oxygen atoms in total. The molecule has 0 aromatic heterocycles. The van der Waals surface area contributed by atoms with Gasteiger partial charge in [-0.2, -0.15) is 0 Å². The van der Waals surface area contributed by atoms with Crippen LogP contribution < -0.4 is 5.32 Å². The van der Waals surface area contributed by atoms with Crippen LogP contribution >= 0.6 is 0 Å². The van der Waals surface area contributed by atoms with E-state index >= 15 is 0 Å². The predicted molar refractivity (Wildman–Crippen MR) is 59.5 cm³/mol. The molecule has 0 fully saturated rings. The van der Waals surface area contributed by atoms with E-state index in [9.17, 15) is 9.18 Å². The summed E-state index contributed by atoms with van der Waals surface area (Å²) >= 11 is 0. The monoisotopic (exact) mass is 209 g/mol. The van der Waals surface area contributed by atoms with Crippen LogP contribution in [-0.2, 0) is 4.79 Å². The van der Waals surface area contributed by atoms with Crippen LogP contribution in [0.5, 0.6) is 0 Å². The number of anilines is 1. The van der Waals surface area contributed by atoms with Crippen LogP contribution in [0.15, 0.2) is 18.2 Å². The summed E-state index contributed by atoms with van der Waals surface area (Å²) < 4.78 is 12.8. The van der Waals surface area contributed by atoms with Crippen LogP contribution in [0, 0.1) is 12.7 Å². The third-order valence-corrected chi connectivity index (χ3v) is 2.19. The Morgan fingerprint density at radius 2 is 2.20 bits per heavy atom. The van der Waals surface area contributed by atoms with Gasteiger partial charge >= 0.3 is 0 Å². The van der Waals surface area contributed by atoms with E-state index in [1.807, 2.05) is 13.8 Å². The molecule has 0 unspecified atom stereocenters. The number of nitrogens with one attached hydrogen (secondary N) is 1. The van der Waals surface area contributed by atoms with Gasteiger partial charge in [0, 0.05) is 12.1 Å². The Labute approximate surface area is 89.5 Å². The maximum Gasteiger partial charge on any atom is 0.151 e. The molecule has 3 heteroatoms. The number of rotatable bonds is 5. The van der Waals surface area contributed by atoms with Crippen LogP contribution in [0.4, 0.5) is 10.1 Å². The van der Waals surface area contributed by atoms with E-state index in [0.717, 1.165) is 17.7 Å². The summed E-state index contributed by atoms with van der Waals surface area (Å²) in [4.78, 5) is 11.3. The Hall–Kier alpha value is -1.38. The van der Waals surface area contributed by atoms with Crippen LogP contribution in [0.3, 0.4) is 0 Å². The quantitative estimate of drug-likeness (QED) is 0.807. The molecule has 1 aromatic carbocycles. The topological polar surface area (TPSA) is 29.1 Å². The number of ketones is 1. The number of carbonyl (C=O) groups excluding carboxylic acids is 1. The summed E-state index contributed by atoms with van der Waals surface area (Å²) in [5.41, 5.74) is 1.64. The molecule has 0 atom stereocenters. The molecule has 0 aliphatic heterocycles. The van der Waals surface area contributed by atoms with Crippen molar-refractivity contribution in [2.75, 3.05) is 11.9 Å². The lowest BCUT2D eigenvalue weighted by Gasteiger charge is -2.08. The zero-order valence-electron chi connectivity index (χ0n) is 9.14. The number of carbonyl (C=O) groups is 1. The highest BCUT2D eigenvalue weighted by Crippen LogP contribution is 2.15. The van der Waals surface area contributed by atoms with Crippen molar-refractivity contribution in [3.05, 3.63) is 29.6 Å². The standard InChI is InChI=1S/C12H16FNO/c1-3-4-11(15)8-14-12-6-5-10(13)7-9(12)2/h5-7,14H,3-4,8H2,1-2H3. The number of hydrogen-bond donors (Lipinski definition) is 1. The van der Waals surface area contributed by atoms with Gasteiger partial charge in [-0.25, -0.2) is 4.39 Å². The normalized spacial score (nSPS) is 10.1. The van der Waals surface area contributed by atoms with Crippen molar-refractivity contribution in [2.45, 2.75) is 26.7 Å². The molecule has 82 valence electrons. The van der Waals surface area contributed by atoms with Crippen LogP contribution in [0.2, 0.25) is 0 Å². The summed E-state index contributed by atoms with van der Waals surface area (Å²) in [6.45, 7) is 4.11. The first-order chi connectivity index (χ1) is 7.13. The Kier molecular flexibility index (Phi) is 4.28. The van der Waals surface area contributed by atoms with Gasteiger partial charge in [-0.15, -0.1) is 0 Å². The Morgan fingerprint density at radius 3 is 2.80 bits per heavy atom. The highest BCUT2D eigenvalue weighted by molar-refractivity contribution is 5.83. The molecule has 15 heavy (non-hydrogen) atoms. The van der Waals surface area contributed by atoms with Crippen molar-refractivity contribution in [3.8, 4) is 0 Å². The zero-order chi connectivity index (χ0) is 11.3. The number of hydrogen-bond acceptors (Lipinski definition) is 2. The van der Waals surface area contributed by atoms with Crippen LogP contribution in [0.1, 0.15) is 25.3 Å². The second kappa shape index (κ2) is 5.49. The minimum Gasteiger partial charge on any atom is -0.378 e. The first-order valence-corrected chi connectivity index (χ1v) is 5.15. The van der Waals surface area contributed by atoms with Crippen LogP contribution in [-0.4, -0.2) is 12.3 Å². The molecule has 0 amide bonds. The SMILES string of the molecule is CCCC(=O)CNc1ccc(F)cc1C. The van der Waals surface area contributed by atoms with Crippen molar-refractivity contribution in [1.29, 1.82) is 0 Å². The average molecular weight is 209 g/mol. The number of Topliss-reactive ketones (excluding diaryl/α,β-unsaturated/α-hetero) is 1. The molecule has 0 radical (unpaired) electrons. The van der Waals surface area contributed by atoms with Crippen LogP contribution in [0.25, 0.3) is 0 Å². The van der Waals surface area contributed by atoms with Crippen molar-refractivity contribution in [3.63, 3.8) is 0 Å². The third-order valence-electron chi connectivity index (χ3n) is 2.19. The fourth-order valence-corrected chi connectivity index (χ4v) is 1.39. The van der Waals surface area contributed by atoms with Gasteiger partial charge < -0.3 is 5.32 Å². The molecule has 0 aliphatic carbocycles. The van der Waals surface area contributed by atoms with Gasteiger partial charge in [0.2, 0.25) is 0 Å². The van der Waals surface area contributed by atoms with Gasteiger partial charge in [-0.1, -0.05) is 6.92 Å². The van der Waals surface area contributed by atoms with E-state index in [-0.39, 0.29) is 11.6 Å². The molecular formula is C12H16FNO. The zero-order valence-corrected chi connectivity index (χ0v) is 9.14. The second-order valence-corrected chi connectivity index (χ2v) is 3.60. The average Bonchev–Trinajstić information content (AvgIpc) is 2.17. The Morgan fingerprint density at radius 1 is 1.47 bits per heavy atom. The fourth-order valence-electron chi connectivity index (χ4n) is 1.39. The lowest BCUT2D eigenvalue weighted by molar-refractivity contribution is -0.117. The molecule has 0 heterocycles. The minimum atomic E-state index is -0.252. The Bertz CT molecular complexity index is 349. The summed E-state index contributed by atoms with van der Waals surface area (Å²) in [5, 5.41) is 3.01. The predicted octanol–water partition coefficient (Wildman–Crippen LogP) is 2.92. The second-order valence-electron chi connectivity index (χ2n) is 3.60. The summed E-state index contributed by atoms with van der Waals surface area (Å²) in [7, 11) is 0. The fraction of sp³-hybridized carbons (Fsp3) is 0.417. The van der Waals surface area contributed by atoms with E-state index in [1.54, 1.807) is 6.07 Å². The maximum atomic E-state index is 12.8. The van der Waals surface area contributed by atoms with Gasteiger partial charge in [0.15, 0.2) is 5.78 Å². The van der Waals surface area contributed by atoms with Gasteiger partial charge in [0.25, 0.3) is 0 Å². The highest BCUT2D eigenvalue weighted by Gasteiger charge is 2.02. The maximum absolute atomic E-state index is 12.8. The first-order valence-electron chi connectivity index (χ1n) is 5.15. The molecule has 1 aromatic rings. The molecule has 0 aliphatic rings. The molecule has 1 rings (SSSR count). The van der Waals surface area contributed by atoms with E-state index < -0.39 is 0 Å². The van der Waals surface area contributed by atoms with E-state index in [0.29, 0.717) is 13.0 Å². The summed E-state index contributed by atoms with van der Waals surface area (Å²) in [5.74, 6) is -0.0702. The van der Waals surface area contributed by atoms with Crippen molar-refractivity contribution in [1.82, 2.24) is 0 Å². The van der Waals surface area contributed by atoms with E-state index in [1.165, 1.54) is 12.1 Å². The van der Waals surface area contributed by atoms with Gasteiger partial charge in [-0.05, 0) is 37.1 Å². The van der Waals surface area contributed by atoms with Crippen molar-refractivity contribution < 1.29 is 9.18 Å².